The number of Topliss-reactive ketones (excluding diaryl/α,β-unsaturated/α-hetero) is 2. The molecule has 0 bridgehead atoms. The predicted molar refractivity (Wildman–Crippen MR) is 81.2 cm³/mol. The van der Waals surface area contributed by atoms with Gasteiger partial charge in [-0.1, -0.05) is 53.4 Å². The second-order valence-electron chi connectivity index (χ2n) is 5.66. The minimum absolute atomic E-state index is 0.114. The van der Waals surface area contributed by atoms with E-state index in [1.54, 1.807) is 0 Å². The maximum Gasteiger partial charge on any atom is 0.143 e. The molecule has 0 aromatic heterocycles. The third-order valence-corrected chi connectivity index (χ3v) is 3.81. The van der Waals surface area contributed by atoms with Crippen LogP contribution >= 0.6 is 0 Å². The summed E-state index contributed by atoms with van der Waals surface area (Å²) in [5, 5.41) is 0. The monoisotopic (exact) mass is 268 g/mol. The summed E-state index contributed by atoms with van der Waals surface area (Å²) >= 11 is 0. The van der Waals surface area contributed by atoms with E-state index in [2.05, 4.69) is 27.7 Å². The zero-order valence-electron chi connectivity index (χ0n) is 13.3. The molecule has 0 saturated heterocycles. The van der Waals surface area contributed by atoms with Crippen molar-refractivity contribution >= 4 is 11.6 Å². The van der Waals surface area contributed by atoms with Crippen molar-refractivity contribution < 1.29 is 9.59 Å². The van der Waals surface area contributed by atoms with Crippen LogP contribution in [0, 0.1) is 11.8 Å². The summed E-state index contributed by atoms with van der Waals surface area (Å²) < 4.78 is 0. The summed E-state index contributed by atoms with van der Waals surface area (Å²) in [7, 11) is 0. The van der Waals surface area contributed by atoms with Crippen LogP contribution in [-0.4, -0.2) is 11.6 Å². The molecule has 19 heavy (non-hydrogen) atoms. The van der Waals surface area contributed by atoms with E-state index in [0.717, 1.165) is 51.4 Å². The number of carbonyl (C=O) groups is 2. The molecule has 0 aliphatic carbocycles. The van der Waals surface area contributed by atoms with Crippen molar-refractivity contribution in [3.8, 4) is 0 Å². The molecule has 0 heterocycles. The second-order valence-corrected chi connectivity index (χ2v) is 5.66. The summed E-state index contributed by atoms with van der Waals surface area (Å²) in [5.74, 6) is 0.600. The smallest absolute Gasteiger partial charge is 0.143 e. The first kappa shape index (κ1) is 18.3. The largest absolute Gasteiger partial charge is 0.299 e. The third-order valence-electron chi connectivity index (χ3n) is 3.81. The number of ketones is 2. The molecule has 0 aromatic carbocycles. The molecule has 0 amide bonds. The average molecular weight is 268 g/mol. The molecule has 2 heteroatoms. The van der Waals surface area contributed by atoms with E-state index < -0.39 is 0 Å². The molecule has 2 nitrogen and oxygen atoms in total. The van der Waals surface area contributed by atoms with E-state index in [1.807, 2.05) is 0 Å². The number of hydrogen-bond donors (Lipinski definition) is 0. The molecule has 0 aromatic rings. The summed E-state index contributed by atoms with van der Waals surface area (Å²) in [6.07, 6.45) is 8.03. The highest BCUT2D eigenvalue weighted by Gasteiger charge is 2.23. The van der Waals surface area contributed by atoms with Crippen LogP contribution in [0.1, 0.15) is 85.5 Å². The Balaban J connectivity index is 4.43. The van der Waals surface area contributed by atoms with Crippen LogP contribution in [0.25, 0.3) is 0 Å². The van der Waals surface area contributed by atoms with E-state index in [1.165, 1.54) is 0 Å². The quantitative estimate of drug-likeness (QED) is 0.469. The fourth-order valence-electron chi connectivity index (χ4n) is 2.79. The van der Waals surface area contributed by atoms with Crippen LogP contribution in [0.2, 0.25) is 0 Å². The first-order valence-electron chi connectivity index (χ1n) is 8.15. The number of rotatable bonds is 12. The van der Waals surface area contributed by atoms with Crippen molar-refractivity contribution in [2.75, 3.05) is 0 Å². The first-order valence-corrected chi connectivity index (χ1v) is 8.15. The molecule has 0 N–H and O–H groups in total. The van der Waals surface area contributed by atoms with Gasteiger partial charge in [0.2, 0.25) is 0 Å². The standard InChI is InChI=1S/C17H32O2/c1-5-9-14(10-6-2)16(18)13-17(19)15(11-7-3)12-8-4/h14-15H,5-13H2,1-4H3. The van der Waals surface area contributed by atoms with Crippen LogP contribution < -0.4 is 0 Å². The van der Waals surface area contributed by atoms with Crippen molar-refractivity contribution in [2.24, 2.45) is 11.8 Å². The Morgan fingerprint density at radius 3 is 1.11 bits per heavy atom. The molecule has 0 spiro atoms. The van der Waals surface area contributed by atoms with Gasteiger partial charge in [0.1, 0.15) is 11.6 Å². The third kappa shape index (κ3) is 7.49. The molecule has 0 rings (SSSR count). The van der Waals surface area contributed by atoms with Crippen molar-refractivity contribution in [3.05, 3.63) is 0 Å². The highest BCUT2D eigenvalue weighted by Crippen LogP contribution is 2.21. The molecule has 0 saturated carbocycles. The number of carbonyl (C=O) groups excluding carboxylic acids is 2. The molecule has 0 aliphatic rings. The van der Waals surface area contributed by atoms with Gasteiger partial charge in [0.25, 0.3) is 0 Å². The van der Waals surface area contributed by atoms with E-state index in [4.69, 9.17) is 0 Å². The molecular weight excluding hydrogens is 236 g/mol. The van der Waals surface area contributed by atoms with Gasteiger partial charge >= 0.3 is 0 Å². The van der Waals surface area contributed by atoms with Crippen LogP contribution in [0.4, 0.5) is 0 Å². The average Bonchev–Trinajstić information content (AvgIpc) is 2.38. The van der Waals surface area contributed by atoms with E-state index in [-0.39, 0.29) is 29.8 Å². The van der Waals surface area contributed by atoms with Crippen molar-refractivity contribution in [1.82, 2.24) is 0 Å². The van der Waals surface area contributed by atoms with E-state index in [9.17, 15) is 9.59 Å². The normalized spacial score (nSPS) is 11.3. The molecule has 0 unspecified atom stereocenters. The van der Waals surface area contributed by atoms with Gasteiger partial charge in [-0.05, 0) is 25.7 Å². The Labute approximate surface area is 119 Å². The topological polar surface area (TPSA) is 34.1 Å². The Hall–Kier alpha value is -0.660. The molecular formula is C17H32O2. The van der Waals surface area contributed by atoms with Gasteiger partial charge in [0.05, 0.1) is 6.42 Å². The predicted octanol–water partition coefficient (Wildman–Crippen LogP) is 4.95. The lowest BCUT2D eigenvalue weighted by molar-refractivity contribution is -0.131. The molecule has 0 fully saturated rings. The number of hydrogen-bond acceptors (Lipinski definition) is 2. The van der Waals surface area contributed by atoms with Crippen LogP contribution in [0.15, 0.2) is 0 Å². The minimum atomic E-state index is 0.114. The van der Waals surface area contributed by atoms with Crippen molar-refractivity contribution in [1.29, 1.82) is 0 Å². The Morgan fingerprint density at radius 1 is 0.632 bits per heavy atom. The van der Waals surface area contributed by atoms with E-state index >= 15 is 0 Å². The lowest BCUT2D eigenvalue weighted by atomic mass is 9.86. The second kappa shape index (κ2) is 11.2. The fourth-order valence-corrected chi connectivity index (χ4v) is 2.79. The zero-order chi connectivity index (χ0) is 14.7. The summed E-state index contributed by atoms with van der Waals surface area (Å²) in [5.41, 5.74) is 0. The summed E-state index contributed by atoms with van der Waals surface area (Å²) in [6.45, 7) is 8.42. The Bertz CT molecular complexity index is 220. The van der Waals surface area contributed by atoms with Crippen molar-refractivity contribution in [2.45, 2.75) is 85.5 Å². The van der Waals surface area contributed by atoms with Gasteiger partial charge in [-0.3, -0.25) is 9.59 Å². The molecule has 0 radical (unpaired) electrons. The van der Waals surface area contributed by atoms with Crippen LogP contribution in [0.5, 0.6) is 0 Å². The summed E-state index contributed by atoms with van der Waals surface area (Å²) in [6, 6.07) is 0. The van der Waals surface area contributed by atoms with Gasteiger partial charge in [-0.2, -0.15) is 0 Å². The molecule has 112 valence electrons. The van der Waals surface area contributed by atoms with Crippen LogP contribution in [0.3, 0.4) is 0 Å². The first-order chi connectivity index (χ1) is 9.10. The fraction of sp³-hybridized carbons (Fsp3) is 0.882. The lowest BCUT2D eigenvalue weighted by Crippen LogP contribution is -2.23. The zero-order valence-corrected chi connectivity index (χ0v) is 13.3. The van der Waals surface area contributed by atoms with Gasteiger partial charge in [0, 0.05) is 11.8 Å². The Kier molecular flexibility index (Phi) is 10.8. The molecule has 0 aliphatic heterocycles. The van der Waals surface area contributed by atoms with Gasteiger partial charge in [-0.15, -0.1) is 0 Å². The summed E-state index contributed by atoms with van der Waals surface area (Å²) in [4.78, 5) is 24.5. The lowest BCUT2D eigenvalue weighted by Gasteiger charge is -2.17. The van der Waals surface area contributed by atoms with Gasteiger partial charge in [0.15, 0.2) is 0 Å². The van der Waals surface area contributed by atoms with Crippen molar-refractivity contribution in [3.63, 3.8) is 0 Å². The minimum Gasteiger partial charge on any atom is -0.299 e. The van der Waals surface area contributed by atoms with Gasteiger partial charge < -0.3 is 0 Å². The molecule has 0 atom stereocenters. The van der Waals surface area contributed by atoms with E-state index in [0.29, 0.717) is 0 Å². The maximum absolute atomic E-state index is 12.2. The van der Waals surface area contributed by atoms with Gasteiger partial charge in [-0.25, -0.2) is 0 Å². The van der Waals surface area contributed by atoms with Crippen LogP contribution in [-0.2, 0) is 9.59 Å². The highest BCUT2D eigenvalue weighted by molar-refractivity contribution is 6.01. The maximum atomic E-state index is 12.2. The SMILES string of the molecule is CCCC(CCC)C(=O)CC(=O)C(CCC)CCC. The highest BCUT2D eigenvalue weighted by atomic mass is 16.1. The Morgan fingerprint density at radius 2 is 0.895 bits per heavy atom.